The molecule has 46 valence electrons. The van der Waals surface area contributed by atoms with Gasteiger partial charge in [0.25, 0.3) is 0 Å². The second-order valence-corrected chi connectivity index (χ2v) is 2.08. The molecular formula is C8H12Mg. The van der Waals surface area contributed by atoms with Crippen LogP contribution in [0, 0.1) is 13.8 Å². The van der Waals surface area contributed by atoms with Crippen molar-refractivity contribution >= 4 is 23.1 Å². The third-order valence-electron chi connectivity index (χ3n) is 1.43. The van der Waals surface area contributed by atoms with Gasteiger partial charge in [-0.2, -0.15) is 0 Å². The summed E-state index contributed by atoms with van der Waals surface area (Å²) in [6, 6.07) is 8.36. The predicted octanol–water partition coefficient (Wildman–Crippen LogP) is 2.15. The Morgan fingerprint density at radius 1 is 1.00 bits per heavy atom. The standard InChI is InChI=1S/C8H10.Mg.2H/c1-7-5-3-4-6-8(7)2;;;/h3-6H,1-2H3;;;/q;+2;2*-1. The van der Waals surface area contributed by atoms with E-state index in [1.165, 1.54) is 11.1 Å². The first-order valence-corrected chi connectivity index (χ1v) is 2.83. The Labute approximate surface area is 75.4 Å². The molecule has 1 aromatic carbocycles. The summed E-state index contributed by atoms with van der Waals surface area (Å²) >= 11 is 0. The number of aryl methyl sites for hydroxylation is 2. The van der Waals surface area contributed by atoms with Crippen LogP contribution in [0.2, 0.25) is 0 Å². The van der Waals surface area contributed by atoms with Crippen LogP contribution in [0.5, 0.6) is 0 Å². The molecule has 0 unspecified atom stereocenters. The average Bonchev–Trinajstić information content (AvgIpc) is 1.77. The van der Waals surface area contributed by atoms with E-state index in [0.29, 0.717) is 0 Å². The first-order valence-electron chi connectivity index (χ1n) is 2.83. The second kappa shape index (κ2) is 3.91. The average molecular weight is 132 g/mol. The van der Waals surface area contributed by atoms with Crippen LogP contribution in [-0.4, -0.2) is 23.1 Å². The minimum atomic E-state index is 0. The van der Waals surface area contributed by atoms with Crippen LogP contribution >= 0.6 is 0 Å². The summed E-state index contributed by atoms with van der Waals surface area (Å²) in [6.07, 6.45) is 0. The predicted molar refractivity (Wildman–Crippen MR) is 43.9 cm³/mol. The van der Waals surface area contributed by atoms with Gasteiger partial charge in [-0.1, -0.05) is 24.3 Å². The zero-order valence-electron chi connectivity index (χ0n) is 8.02. The molecule has 1 rings (SSSR count). The number of hydrogen-bond acceptors (Lipinski definition) is 0. The minimum Gasteiger partial charge on any atom is -1.00 e. The Kier molecular flexibility index (Phi) is 3.90. The SMILES string of the molecule is Cc1ccccc1C.[H-].[H-].[Mg+2]. The van der Waals surface area contributed by atoms with Gasteiger partial charge in [0.05, 0.1) is 0 Å². The van der Waals surface area contributed by atoms with Gasteiger partial charge in [-0.15, -0.1) is 0 Å². The van der Waals surface area contributed by atoms with Crippen LogP contribution in [0.25, 0.3) is 0 Å². The molecule has 0 heterocycles. The van der Waals surface area contributed by atoms with Crippen LogP contribution < -0.4 is 0 Å². The fourth-order valence-electron chi connectivity index (χ4n) is 0.663. The van der Waals surface area contributed by atoms with Gasteiger partial charge in [0.15, 0.2) is 0 Å². The normalized spacial score (nSPS) is 8.22. The Balaban J connectivity index is -0.000000213. The van der Waals surface area contributed by atoms with E-state index in [-0.39, 0.29) is 25.9 Å². The first-order chi connectivity index (χ1) is 3.80. The third-order valence-corrected chi connectivity index (χ3v) is 1.43. The summed E-state index contributed by atoms with van der Waals surface area (Å²) in [7, 11) is 0. The minimum absolute atomic E-state index is 0. The molecule has 0 N–H and O–H groups in total. The van der Waals surface area contributed by atoms with Gasteiger partial charge in [0.2, 0.25) is 0 Å². The monoisotopic (exact) mass is 132 g/mol. The smallest absolute Gasteiger partial charge is 1.00 e. The van der Waals surface area contributed by atoms with Gasteiger partial charge < -0.3 is 2.85 Å². The zero-order valence-corrected chi connectivity index (χ0v) is 7.43. The molecule has 0 aliphatic rings. The Morgan fingerprint density at radius 2 is 1.33 bits per heavy atom. The summed E-state index contributed by atoms with van der Waals surface area (Å²) in [6.45, 7) is 4.24. The van der Waals surface area contributed by atoms with Crippen LogP contribution in [0.15, 0.2) is 24.3 Å². The molecule has 0 saturated heterocycles. The summed E-state index contributed by atoms with van der Waals surface area (Å²) in [5.74, 6) is 0. The summed E-state index contributed by atoms with van der Waals surface area (Å²) in [4.78, 5) is 0. The van der Waals surface area contributed by atoms with Gasteiger partial charge >= 0.3 is 23.1 Å². The van der Waals surface area contributed by atoms with Crippen molar-refractivity contribution in [2.24, 2.45) is 0 Å². The molecule has 0 radical (unpaired) electrons. The van der Waals surface area contributed by atoms with Crippen molar-refractivity contribution in [2.75, 3.05) is 0 Å². The quantitative estimate of drug-likeness (QED) is 0.475. The molecule has 0 bridgehead atoms. The van der Waals surface area contributed by atoms with E-state index >= 15 is 0 Å². The van der Waals surface area contributed by atoms with Crippen molar-refractivity contribution in [1.29, 1.82) is 0 Å². The summed E-state index contributed by atoms with van der Waals surface area (Å²) in [5.41, 5.74) is 2.74. The fourth-order valence-corrected chi connectivity index (χ4v) is 0.663. The van der Waals surface area contributed by atoms with Gasteiger partial charge in [0, 0.05) is 0 Å². The molecule has 1 heteroatoms. The largest absolute Gasteiger partial charge is 2.00 e. The molecule has 0 spiro atoms. The summed E-state index contributed by atoms with van der Waals surface area (Å²) < 4.78 is 0. The molecule has 0 aliphatic carbocycles. The van der Waals surface area contributed by atoms with E-state index in [1.54, 1.807) is 0 Å². The second-order valence-electron chi connectivity index (χ2n) is 2.08. The van der Waals surface area contributed by atoms with Crippen molar-refractivity contribution in [3.05, 3.63) is 35.4 Å². The van der Waals surface area contributed by atoms with E-state index in [2.05, 4.69) is 38.1 Å². The van der Waals surface area contributed by atoms with Crippen molar-refractivity contribution < 1.29 is 2.85 Å². The third kappa shape index (κ3) is 2.37. The number of benzene rings is 1. The topological polar surface area (TPSA) is 0 Å². The van der Waals surface area contributed by atoms with Crippen molar-refractivity contribution in [2.45, 2.75) is 13.8 Å². The number of rotatable bonds is 0. The van der Waals surface area contributed by atoms with Crippen LogP contribution in [-0.2, 0) is 0 Å². The van der Waals surface area contributed by atoms with E-state index in [1.807, 2.05) is 0 Å². The van der Waals surface area contributed by atoms with E-state index < -0.39 is 0 Å². The van der Waals surface area contributed by atoms with Gasteiger partial charge in [0.1, 0.15) is 0 Å². The molecule has 9 heavy (non-hydrogen) atoms. The molecule has 0 nitrogen and oxygen atoms in total. The maximum absolute atomic E-state index is 2.12. The van der Waals surface area contributed by atoms with Crippen LogP contribution in [0.3, 0.4) is 0 Å². The van der Waals surface area contributed by atoms with Crippen LogP contribution in [0.1, 0.15) is 14.0 Å². The van der Waals surface area contributed by atoms with Gasteiger partial charge in [-0.05, 0) is 25.0 Å². The van der Waals surface area contributed by atoms with E-state index in [0.717, 1.165) is 0 Å². The number of hydrogen-bond donors (Lipinski definition) is 0. The van der Waals surface area contributed by atoms with E-state index in [9.17, 15) is 0 Å². The van der Waals surface area contributed by atoms with E-state index in [4.69, 9.17) is 0 Å². The van der Waals surface area contributed by atoms with Gasteiger partial charge in [-0.25, -0.2) is 0 Å². The van der Waals surface area contributed by atoms with Crippen molar-refractivity contribution in [1.82, 2.24) is 0 Å². The molecular weight excluding hydrogens is 120 g/mol. The Morgan fingerprint density at radius 3 is 1.56 bits per heavy atom. The maximum Gasteiger partial charge on any atom is 2.00 e. The van der Waals surface area contributed by atoms with Crippen molar-refractivity contribution in [3.8, 4) is 0 Å². The van der Waals surface area contributed by atoms with Crippen molar-refractivity contribution in [3.63, 3.8) is 0 Å². The Hall–Kier alpha value is -0.0138. The molecule has 0 atom stereocenters. The Bertz CT molecular complexity index is 168. The molecule has 0 aromatic heterocycles. The van der Waals surface area contributed by atoms with Gasteiger partial charge in [-0.3, -0.25) is 0 Å². The zero-order chi connectivity index (χ0) is 5.98. The maximum atomic E-state index is 2.12. The molecule has 1 aromatic rings. The molecule has 0 fully saturated rings. The summed E-state index contributed by atoms with van der Waals surface area (Å²) in [5, 5.41) is 0. The molecule has 0 aliphatic heterocycles. The first kappa shape index (κ1) is 8.99. The molecule has 0 amide bonds. The fraction of sp³-hybridized carbons (Fsp3) is 0.250. The molecule has 0 saturated carbocycles. The van der Waals surface area contributed by atoms with Crippen LogP contribution in [0.4, 0.5) is 0 Å².